The van der Waals surface area contributed by atoms with E-state index in [1.165, 1.54) is 11.7 Å². The lowest BCUT2D eigenvalue weighted by molar-refractivity contribution is 0.0595. The van der Waals surface area contributed by atoms with E-state index >= 15 is 0 Å². The molecule has 2 aromatic rings. The van der Waals surface area contributed by atoms with Gasteiger partial charge in [-0.15, -0.1) is 0 Å². The predicted octanol–water partition coefficient (Wildman–Crippen LogP) is 1.48. The number of imidazole rings is 1. The molecule has 0 saturated carbocycles. The minimum absolute atomic E-state index is 0.180. The number of aryl methyl sites for hydroxylation is 1. The fourth-order valence-corrected chi connectivity index (χ4v) is 1.92. The van der Waals surface area contributed by atoms with Crippen LogP contribution in [0.3, 0.4) is 0 Å². The molecule has 0 aliphatic rings. The molecule has 5 nitrogen and oxygen atoms in total. The van der Waals surface area contributed by atoms with Gasteiger partial charge in [0.05, 0.1) is 12.8 Å². The third kappa shape index (κ3) is 1.84. The number of hydrogen-bond acceptors (Lipinski definition) is 3. The van der Waals surface area contributed by atoms with Gasteiger partial charge in [0.25, 0.3) is 0 Å². The molecular weight excluding hydrogens is 232 g/mol. The largest absolute Gasteiger partial charge is 0.464 e. The topological polar surface area (TPSA) is 64.1 Å². The van der Waals surface area contributed by atoms with Crippen LogP contribution in [0.15, 0.2) is 29.1 Å². The van der Waals surface area contributed by atoms with E-state index in [9.17, 15) is 9.59 Å². The Hall–Kier alpha value is -2.30. The number of hydrogen-bond donors (Lipinski definition) is 1. The Morgan fingerprint density at radius 3 is 2.61 bits per heavy atom. The summed E-state index contributed by atoms with van der Waals surface area (Å²) in [6.45, 7) is 1.92. The number of ether oxygens (including phenoxy) is 1. The third-order valence-corrected chi connectivity index (χ3v) is 2.90. The Labute approximate surface area is 104 Å². The summed E-state index contributed by atoms with van der Waals surface area (Å²) in [6.07, 6.45) is 0. The van der Waals surface area contributed by atoms with E-state index in [0.29, 0.717) is 5.69 Å². The SMILES string of the molecule is COC(=O)c1[nH]c(=O)n(C)c1-c1ccccc1C. The second kappa shape index (κ2) is 4.52. The molecule has 0 radical (unpaired) electrons. The summed E-state index contributed by atoms with van der Waals surface area (Å²) in [5, 5.41) is 0. The molecule has 1 aromatic heterocycles. The van der Waals surface area contributed by atoms with Crippen molar-refractivity contribution in [2.75, 3.05) is 7.11 Å². The van der Waals surface area contributed by atoms with Crippen molar-refractivity contribution in [3.63, 3.8) is 0 Å². The molecule has 0 aliphatic carbocycles. The molecular formula is C13H14N2O3. The van der Waals surface area contributed by atoms with Crippen LogP contribution in [-0.4, -0.2) is 22.6 Å². The zero-order valence-corrected chi connectivity index (χ0v) is 10.5. The summed E-state index contributed by atoms with van der Waals surface area (Å²) in [4.78, 5) is 25.9. The zero-order valence-electron chi connectivity index (χ0n) is 10.5. The predicted molar refractivity (Wildman–Crippen MR) is 67.5 cm³/mol. The van der Waals surface area contributed by atoms with Crippen LogP contribution < -0.4 is 5.69 Å². The highest BCUT2D eigenvalue weighted by atomic mass is 16.5. The van der Waals surface area contributed by atoms with Crippen LogP contribution in [-0.2, 0) is 11.8 Å². The van der Waals surface area contributed by atoms with Crippen molar-refractivity contribution in [3.05, 3.63) is 46.0 Å². The summed E-state index contributed by atoms with van der Waals surface area (Å²) in [5.74, 6) is -0.550. The molecule has 1 heterocycles. The van der Waals surface area contributed by atoms with Gasteiger partial charge < -0.3 is 4.74 Å². The van der Waals surface area contributed by atoms with E-state index in [-0.39, 0.29) is 11.4 Å². The minimum Gasteiger partial charge on any atom is -0.464 e. The van der Waals surface area contributed by atoms with Gasteiger partial charge in [0.2, 0.25) is 0 Å². The van der Waals surface area contributed by atoms with Gasteiger partial charge in [-0.25, -0.2) is 9.59 Å². The Bertz CT molecular complexity index is 652. The van der Waals surface area contributed by atoms with Crippen molar-refractivity contribution in [1.82, 2.24) is 9.55 Å². The molecule has 0 spiro atoms. The Balaban J connectivity index is 2.75. The molecule has 1 aromatic carbocycles. The molecule has 1 N–H and O–H groups in total. The number of esters is 1. The van der Waals surface area contributed by atoms with Crippen LogP contribution in [0.25, 0.3) is 11.3 Å². The molecule has 0 unspecified atom stereocenters. The van der Waals surface area contributed by atoms with Crippen molar-refractivity contribution in [1.29, 1.82) is 0 Å². The fraction of sp³-hybridized carbons (Fsp3) is 0.231. The molecule has 5 heteroatoms. The van der Waals surface area contributed by atoms with Gasteiger partial charge in [-0.2, -0.15) is 0 Å². The van der Waals surface area contributed by atoms with Gasteiger partial charge >= 0.3 is 11.7 Å². The van der Waals surface area contributed by atoms with Gasteiger partial charge in [-0.05, 0) is 12.5 Å². The molecule has 94 valence electrons. The number of methoxy groups -OCH3 is 1. The summed E-state index contributed by atoms with van der Waals surface area (Å²) in [6, 6.07) is 7.56. The highest BCUT2D eigenvalue weighted by Crippen LogP contribution is 2.24. The number of carbonyl (C=O) groups excluding carboxylic acids is 1. The molecule has 0 saturated heterocycles. The van der Waals surface area contributed by atoms with Crippen LogP contribution in [0.4, 0.5) is 0 Å². The average Bonchev–Trinajstić information content (AvgIpc) is 2.66. The van der Waals surface area contributed by atoms with Crippen molar-refractivity contribution in [2.24, 2.45) is 7.05 Å². The summed E-state index contributed by atoms with van der Waals surface area (Å²) in [7, 11) is 2.91. The fourth-order valence-electron chi connectivity index (χ4n) is 1.92. The van der Waals surface area contributed by atoms with E-state index in [1.807, 2.05) is 31.2 Å². The van der Waals surface area contributed by atoms with Crippen LogP contribution >= 0.6 is 0 Å². The maximum Gasteiger partial charge on any atom is 0.356 e. The molecule has 0 bridgehead atoms. The summed E-state index contributed by atoms with van der Waals surface area (Å²) >= 11 is 0. The van der Waals surface area contributed by atoms with E-state index < -0.39 is 5.97 Å². The number of aromatic amines is 1. The third-order valence-electron chi connectivity index (χ3n) is 2.90. The number of aromatic nitrogens is 2. The van der Waals surface area contributed by atoms with Gasteiger partial charge in [-0.1, -0.05) is 24.3 Å². The zero-order chi connectivity index (χ0) is 13.3. The number of nitrogens with zero attached hydrogens (tertiary/aromatic N) is 1. The maximum atomic E-state index is 11.7. The number of nitrogens with one attached hydrogen (secondary N) is 1. The van der Waals surface area contributed by atoms with Crippen molar-refractivity contribution in [2.45, 2.75) is 6.92 Å². The molecule has 2 rings (SSSR count). The van der Waals surface area contributed by atoms with E-state index in [2.05, 4.69) is 9.72 Å². The standard InChI is InChI=1S/C13H14N2O3/c1-8-6-4-5-7-9(8)11-10(12(16)18-3)14-13(17)15(11)2/h4-7H,1-3H3,(H,14,17). The normalized spacial score (nSPS) is 10.4. The highest BCUT2D eigenvalue weighted by Gasteiger charge is 2.20. The first kappa shape index (κ1) is 12.2. The summed E-state index contributed by atoms with van der Waals surface area (Å²) < 4.78 is 6.10. The summed E-state index contributed by atoms with van der Waals surface area (Å²) in [5.41, 5.74) is 2.20. The lowest BCUT2D eigenvalue weighted by atomic mass is 10.0. The van der Waals surface area contributed by atoms with E-state index in [4.69, 9.17) is 0 Å². The Kier molecular flexibility index (Phi) is 3.06. The second-order valence-electron chi connectivity index (χ2n) is 4.02. The molecule has 18 heavy (non-hydrogen) atoms. The Morgan fingerprint density at radius 1 is 1.33 bits per heavy atom. The molecule has 0 atom stereocenters. The van der Waals surface area contributed by atoms with E-state index in [0.717, 1.165) is 11.1 Å². The molecule has 0 amide bonds. The lowest BCUT2D eigenvalue weighted by Crippen LogP contribution is -2.13. The van der Waals surface area contributed by atoms with Crippen LogP contribution in [0.2, 0.25) is 0 Å². The number of benzene rings is 1. The van der Waals surface area contributed by atoms with Crippen molar-refractivity contribution in [3.8, 4) is 11.3 Å². The molecule has 0 fully saturated rings. The highest BCUT2D eigenvalue weighted by molar-refractivity contribution is 5.94. The van der Waals surface area contributed by atoms with Gasteiger partial charge in [0.1, 0.15) is 0 Å². The first-order valence-electron chi connectivity index (χ1n) is 5.49. The van der Waals surface area contributed by atoms with E-state index in [1.54, 1.807) is 7.05 Å². The van der Waals surface area contributed by atoms with Gasteiger partial charge in [0.15, 0.2) is 5.69 Å². The first-order valence-corrected chi connectivity index (χ1v) is 5.49. The van der Waals surface area contributed by atoms with Crippen LogP contribution in [0.5, 0.6) is 0 Å². The average molecular weight is 246 g/mol. The van der Waals surface area contributed by atoms with Crippen LogP contribution in [0.1, 0.15) is 16.1 Å². The maximum absolute atomic E-state index is 11.7. The smallest absolute Gasteiger partial charge is 0.356 e. The van der Waals surface area contributed by atoms with Gasteiger partial charge in [0, 0.05) is 12.6 Å². The van der Waals surface area contributed by atoms with Crippen molar-refractivity contribution < 1.29 is 9.53 Å². The minimum atomic E-state index is -0.550. The number of rotatable bonds is 2. The van der Waals surface area contributed by atoms with Crippen LogP contribution in [0, 0.1) is 6.92 Å². The van der Waals surface area contributed by atoms with Gasteiger partial charge in [-0.3, -0.25) is 9.55 Å². The van der Waals surface area contributed by atoms with Crippen molar-refractivity contribution >= 4 is 5.97 Å². The molecule has 0 aliphatic heterocycles. The quantitative estimate of drug-likeness (QED) is 0.816. The lowest BCUT2D eigenvalue weighted by Gasteiger charge is -2.08. The number of carbonyl (C=O) groups is 1. The first-order chi connectivity index (χ1) is 8.56. The Morgan fingerprint density at radius 2 is 2.00 bits per heavy atom. The monoisotopic (exact) mass is 246 g/mol. The number of H-pyrrole nitrogens is 1. The second-order valence-corrected chi connectivity index (χ2v) is 4.02.